The molecule has 0 bridgehead atoms. The molecule has 90 valence electrons. The van der Waals surface area contributed by atoms with Crippen LogP contribution >= 0.6 is 0 Å². The Morgan fingerprint density at radius 3 is 2.65 bits per heavy atom. The maximum Gasteiger partial charge on any atom is 0.243 e. The second-order valence-electron chi connectivity index (χ2n) is 3.47. The lowest BCUT2D eigenvalue weighted by atomic mass is 10.0. The van der Waals surface area contributed by atoms with Crippen LogP contribution in [-0.2, 0) is 11.2 Å². The molecule has 0 radical (unpaired) electrons. The van der Waals surface area contributed by atoms with E-state index in [9.17, 15) is 4.79 Å². The van der Waals surface area contributed by atoms with Crippen LogP contribution in [0.4, 0.5) is 0 Å². The summed E-state index contributed by atoms with van der Waals surface area (Å²) in [5.74, 6) is -0.469. The Hall–Kier alpha value is -2.24. The number of aromatic hydroxyl groups is 1. The Bertz CT molecular complexity index is 426. The molecule has 0 aliphatic heterocycles. The van der Waals surface area contributed by atoms with Gasteiger partial charge in [-0.1, -0.05) is 17.2 Å². The second-order valence-corrected chi connectivity index (χ2v) is 3.47. The molecule has 1 amide bonds. The summed E-state index contributed by atoms with van der Waals surface area (Å²) in [6.07, 6.45) is 0.263. The molecule has 17 heavy (non-hydrogen) atoms. The van der Waals surface area contributed by atoms with Crippen molar-refractivity contribution in [3.8, 4) is 5.75 Å². The average Bonchev–Trinajstić information content (AvgIpc) is 2.32. The molecule has 7 heteroatoms. The van der Waals surface area contributed by atoms with Crippen molar-refractivity contribution in [2.24, 2.45) is 5.11 Å². The molecular formula is C10H12N4O3. The van der Waals surface area contributed by atoms with Crippen molar-refractivity contribution in [3.63, 3.8) is 0 Å². The number of hydrogen-bond donors (Lipinski definition) is 3. The van der Waals surface area contributed by atoms with Crippen LogP contribution in [0, 0.1) is 0 Å². The average molecular weight is 236 g/mol. The first kappa shape index (κ1) is 12.8. The number of hydroxylamine groups is 1. The van der Waals surface area contributed by atoms with Gasteiger partial charge in [0.05, 0.1) is 6.04 Å². The fourth-order valence-corrected chi connectivity index (χ4v) is 1.39. The number of phenolic OH excluding ortho intramolecular Hbond substituents is 1. The highest BCUT2D eigenvalue weighted by Crippen LogP contribution is 2.14. The number of amides is 1. The predicted octanol–water partition coefficient (Wildman–Crippen LogP) is 1.51. The third-order valence-electron chi connectivity index (χ3n) is 2.17. The van der Waals surface area contributed by atoms with Crippen LogP contribution in [0.5, 0.6) is 5.75 Å². The van der Waals surface area contributed by atoms with Crippen LogP contribution in [0.1, 0.15) is 12.0 Å². The van der Waals surface area contributed by atoms with Crippen LogP contribution in [0.15, 0.2) is 29.4 Å². The van der Waals surface area contributed by atoms with Gasteiger partial charge >= 0.3 is 0 Å². The summed E-state index contributed by atoms with van der Waals surface area (Å²) >= 11 is 0. The summed E-state index contributed by atoms with van der Waals surface area (Å²) in [4.78, 5) is 13.6. The number of nitrogens with one attached hydrogen (secondary N) is 1. The minimum Gasteiger partial charge on any atom is -0.508 e. The summed E-state index contributed by atoms with van der Waals surface area (Å²) in [6.45, 7) is 0. The highest BCUT2D eigenvalue weighted by atomic mass is 16.5. The van der Waals surface area contributed by atoms with E-state index < -0.39 is 11.9 Å². The molecular weight excluding hydrogens is 224 g/mol. The number of nitrogens with zero attached hydrogens (tertiary/aromatic N) is 3. The highest BCUT2D eigenvalue weighted by molar-refractivity contribution is 5.75. The molecule has 0 aliphatic rings. The van der Waals surface area contributed by atoms with E-state index in [0.717, 1.165) is 5.56 Å². The van der Waals surface area contributed by atoms with Crippen LogP contribution in [0.2, 0.25) is 0 Å². The molecule has 0 aliphatic carbocycles. The summed E-state index contributed by atoms with van der Waals surface area (Å²) < 4.78 is 0. The molecule has 1 rings (SSSR count). The van der Waals surface area contributed by atoms with Crippen molar-refractivity contribution in [1.29, 1.82) is 0 Å². The zero-order valence-corrected chi connectivity index (χ0v) is 8.95. The maximum atomic E-state index is 11.0. The molecule has 1 unspecified atom stereocenters. The minimum absolute atomic E-state index is 0.0958. The summed E-state index contributed by atoms with van der Waals surface area (Å²) in [5, 5.41) is 21.0. The van der Waals surface area contributed by atoms with Crippen LogP contribution < -0.4 is 5.48 Å². The zero-order valence-electron chi connectivity index (χ0n) is 8.95. The standard InChI is InChI=1S/C10H12N4O3/c11-14-12-8(6-10(16)13-17)5-7-1-3-9(15)4-2-7/h1-4,8,15,17H,5-6H2,(H,13,16). The van der Waals surface area contributed by atoms with Crippen molar-refractivity contribution in [3.05, 3.63) is 40.3 Å². The van der Waals surface area contributed by atoms with E-state index in [1.165, 1.54) is 17.6 Å². The third kappa shape index (κ3) is 4.42. The topological polar surface area (TPSA) is 118 Å². The molecule has 0 spiro atoms. The van der Waals surface area contributed by atoms with Gasteiger partial charge in [-0.15, -0.1) is 0 Å². The number of carbonyl (C=O) groups excluding carboxylic acids is 1. The number of benzene rings is 1. The van der Waals surface area contributed by atoms with Crippen molar-refractivity contribution < 1.29 is 15.1 Å². The lowest BCUT2D eigenvalue weighted by Gasteiger charge is -2.09. The Morgan fingerprint density at radius 1 is 1.47 bits per heavy atom. The molecule has 0 heterocycles. The number of azide groups is 1. The van der Waals surface area contributed by atoms with Gasteiger partial charge < -0.3 is 5.11 Å². The van der Waals surface area contributed by atoms with Crippen LogP contribution in [0.25, 0.3) is 10.4 Å². The van der Waals surface area contributed by atoms with Crippen LogP contribution in [-0.4, -0.2) is 22.3 Å². The van der Waals surface area contributed by atoms with Gasteiger partial charge in [-0.2, -0.15) is 0 Å². The normalized spacial score (nSPS) is 11.4. The first-order valence-electron chi connectivity index (χ1n) is 4.90. The Labute approximate surface area is 97.3 Å². The Kier molecular flexibility index (Phi) is 4.80. The first-order valence-corrected chi connectivity index (χ1v) is 4.90. The number of rotatable bonds is 5. The number of phenols is 1. The molecule has 0 saturated carbocycles. The van der Waals surface area contributed by atoms with Crippen molar-refractivity contribution >= 4 is 5.91 Å². The molecule has 1 aromatic carbocycles. The summed E-state index contributed by atoms with van der Waals surface area (Å²) in [6, 6.07) is 5.79. The molecule has 3 N–H and O–H groups in total. The lowest BCUT2D eigenvalue weighted by molar-refractivity contribution is -0.129. The van der Waals surface area contributed by atoms with Crippen LogP contribution in [0.3, 0.4) is 0 Å². The molecule has 0 fully saturated rings. The first-order chi connectivity index (χ1) is 8.15. The molecule has 0 aromatic heterocycles. The van der Waals surface area contributed by atoms with Gasteiger partial charge in [0.1, 0.15) is 5.75 Å². The SMILES string of the molecule is [N-]=[N+]=NC(CC(=O)NO)Cc1ccc(O)cc1. The van der Waals surface area contributed by atoms with E-state index >= 15 is 0 Å². The van der Waals surface area contributed by atoms with Crippen molar-refractivity contribution in [2.45, 2.75) is 18.9 Å². The Morgan fingerprint density at radius 2 is 2.12 bits per heavy atom. The predicted molar refractivity (Wildman–Crippen MR) is 59.3 cm³/mol. The summed E-state index contributed by atoms with van der Waals surface area (Å²) in [7, 11) is 0. The third-order valence-corrected chi connectivity index (χ3v) is 2.17. The molecule has 0 saturated heterocycles. The van der Waals surface area contributed by atoms with E-state index in [1.54, 1.807) is 12.1 Å². The Balaban J connectivity index is 2.69. The van der Waals surface area contributed by atoms with E-state index in [4.69, 9.17) is 15.8 Å². The van der Waals surface area contributed by atoms with Gasteiger partial charge in [-0.25, -0.2) is 5.48 Å². The quantitative estimate of drug-likeness (QED) is 0.236. The largest absolute Gasteiger partial charge is 0.508 e. The van der Waals surface area contributed by atoms with E-state index in [0.29, 0.717) is 6.42 Å². The van der Waals surface area contributed by atoms with E-state index in [2.05, 4.69) is 10.0 Å². The smallest absolute Gasteiger partial charge is 0.243 e. The zero-order chi connectivity index (χ0) is 12.7. The van der Waals surface area contributed by atoms with Crippen molar-refractivity contribution in [1.82, 2.24) is 5.48 Å². The summed E-state index contributed by atoms with van der Waals surface area (Å²) in [5.41, 5.74) is 10.7. The molecule has 1 aromatic rings. The number of hydrogen-bond acceptors (Lipinski definition) is 4. The van der Waals surface area contributed by atoms with Gasteiger partial charge in [0.25, 0.3) is 0 Å². The fraction of sp³-hybridized carbons (Fsp3) is 0.300. The highest BCUT2D eigenvalue weighted by Gasteiger charge is 2.12. The van der Waals surface area contributed by atoms with E-state index in [1.807, 2.05) is 0 Å². The molecule has 7 nitrogen and oxygen atoms in total. The number of carbonyl (C=O) groups is 1. The van der Waals surface area contributed by atoms with Crippen molar-refractivity contribution in [2.75, 3.05) is 0 Å². The van der Waals surface area contributed by atoms with Gasteiger partial charge in [-0.3, -0.25) is 10.0 Å². The van der Waals surface area contributed by atoms with Gasteiger partial charge in [0, 0.05) is 11.3 Å². The van der Waals surface area contributed by atoms with Gasteiger partial charge in [-0.05, 0) is 29.6 Å². The lowest BCUT2D eigenvalue weighted by Crippen LogP contribution is -2.24. The van der Waals surface area contributed by atoms with E-state index in [-0.39, 0.29) is 12.2 Å². The second kappa shape index (κ2) is 6.37. The fourth-order valence-electron chi connectivity index (χ4n) is 1.39. The van der Waals surface area contributed by atoms with Gasteiger partial charge in [0.15, 0.2) is 0 Å². The van der Waals surface area contributed by atoms with Gasteiger partial charge in [0.2, 0.25) is 5.91 Å². The monoisotopic (exact) mass is 236 g/mol. The molecule has 1 atom stereocenters. The minimum atomic E-state index is -0.610. The maximum absolute atomic E-state index is 11.0.